The summed E-state index contributed by atoms with van der Waals surface area (Å²) in [5.41, 5.74) is 0.577. The van der Waals surface area contributed by atoms with Gasteiger partial charge in [0.05, 0.1) is 25.7 Å². The predicted molar refractivity (Wildman–Crippen MR) is 93.4 cm³/mol. The molecule has 0 atom stereocenters. The third-order valence-corrected chi connectivity index (χ3v) is 4.73. The smallest absolute Gasteiger partial charge is 0.270 e. The Morgan fingerprint density at radius 3 is 2.83 bits per heavy atom. The Labute approximate surface area is 147 Å². The van der Waals surface area contributed by atoms with Crippen LogP contribution in [0.4, 0.5) is 10.8 Å². The number of anilines is 1. The number of amides is 1. The molecule has 0 radical (unpaired) electrons. The number of aromatic nitrogens is 1. The lowest BCUT2D eigenvalue weighted by molar-refractivity contribution is -0.384. The Morgan fingerprint density at radius 1 is 1.30 bits per heavy atom. The maximum absolute atomic E-state index is 12.3. The standard InChI is InChI=1S/C14H7BrClN3O3S/c15-7-1-4-11-12(5-7)23-14(17-11)18-13(20)9-6-8(19(21)22)2-3-10(9)16/h1-6H,(H,17,18,20). The summed E-state index contributed by atoms with van der Waals surface area (Å²) in [7, 11) is 0. The number of nitro groups is 1. The highest BCUT2D eigenvalue weighted by atomic mass is 79.9. The maximum atomic E-state index is 12.3. The van der Waals surface area contributed by atoms with Gasteiger partial charge in [-0.1, -0.05) is 38.9 Å². The first kappa shape index (κ1) is 15.9. The van der Waals surface area contributed by atoms with E-state index < -0.39 is 10.8 Å². The highest BCUT2D eigenvalue weighted by Crippen LogP contribution is 2.29. The highest BCUT2D eigenvalue weighted by Gasteiger charge is 2.17. The van der Waals surface area contributed by atoms with Gasteiger partial charge in [0.2, 0.25) is 0 Å². The van der Waals surface area contributed by atoms with Crippen molar-refractivity contribution < 1.29 is 9.72 Å². The summed E-state index contributed by atoms with van der Waals surface area (Å²) < 4.78 is 1.81. The number of rotatable bonds is 3. The summed E-state index contributed by atoms with van der Waals surface area (Å²) in [6.45, 7) is 0. The van der Waals surface area contributed by atoms with Crippen molar-refractivity contribution in [2.75, 3.05) is 5.32 Å². The van der Waals surface area contributed by atoms with E-state index in [0.717, 1.165) is 20.8 Å². The second kappa shape index (κ2) is 6.23. The van der Waals surface area contributed by atoms with E-state index in [9.17, 15) is 14.9 Å². The van der Waals surface area contributed by atoms with E-state index >= 15 is 0 Å². The van der Waals surface area contributed by atoms with Crippen LogP contribution in [0.1, 0.15) is 10.4 Å². The molecule has 0 aliphatic rings. The molecule has 0 bridgehead atoms. The van der Waals surface area contributed by atoms with Crippen LogP contribution in [0, 0.1) is 10.1 Å². The Morgan fingerprint density at radius 2 is 2.09 bits per heavy atom. The van der Waals surface area contributed by atoms with E-state index in [-0.39, 0.29) is 16.3 Å². The van der Waals surface area contributed by atoms with Gasteiger partial charge in [0.25, 0.3) is 11.6 Å². The number of carbonyl (C=O) groups is 1. The summed E-state index contributed by atoms with van der Waals surface area (Å²) in [5, 5.41) is 14.0. The van der Waals surface area contributed by atoms with Crippen molar-refractivity contribution in [3.8, 4) is 0 Å². The summed E-state index contributed by atoms with van der Waals surface area (Å²) in [6, 6.07) is 9.28. The molecule has 0 spiro atoms. The van der Waals surface area contributed by atoms with Gasteiger partial charge in [-0.15, -0.1) is 0 Å². The first-order valence-corrected chi connectivity index (χ1v) is 8.24. The van der Waals surface area contributed by atoms with Crippen molar-refractivity contribution in [1.82, 2.24) is 4.98 Å². The molecule has 23 heavy (non-hydrogen) atoms. The van der Waals surface area contributed by atoms with Crippen molar-refractivity contribution >= 4 is 65.8 Å². The molecule has 0 saturated carbocycles. The van der Waals surface area contributed by atoms with Crippen LogP contribution >= 0.6 is 38.9 Å². The highest BCUT2D eigenvalue weighted by molar-refractivity contribution is 9.10. The number of non-ortho nitro benzene ring substituents is 1. The van der Waals surface area contributed by atoms with E-state index in [1.165, 1.54) is 23.5 Å². The molecule has 0 aliphatic carbocycles. The predicted octanol–water partition coefficient (Wildman–Crippen LogP) is 4.87. The number of halogens is 2. The third kappa shape index (κ3) is 3.34. The summed E-state index contributed by atoms with van der Waals surface area (Å²) in [6.07, 6.45) is 0. The largest absolute Gasteiger partial charge is 0.298 e. The zero-order chi connectivity index (χ0) is 16.6. The van der Waals surface area contributed by atoms with Crippen molar-refractivity contribution in [3.63, 3.8) is 0 Å². The van der Waals surface area contributed by atoms with Crippen LogP contribution in [0.5, 0.6) is 0 Å². The molecule has 9 heteroatoms. The number of carbonyl (C=O) groups excluding carboxylic acids is 1. The van der Waals surface area contributed by atoms with E-state index in [1.807, 2.05) is 18.2 Å². The Kier molecular flexibility index (Phi) is 4.29. The Bertz CT molecular complexity index is 944. The molecular formula is C14H7BrClN3O3S. The summed E-state index contributed by atoms with van der Waals surface area (Å²) >= 11 is 10.6. The van der Waals surface area contributed by atoms with E-state index in [4.69, 9.17) is 11.6 Å². The minimum absolute atomic E-state index is 0.0290. The molecule has 1 heterocycles. The van der Waals surface area contributed by atoms with Crippen molar-refractivity contribution in [2.45, 2.75) is 0 Å². The molecule has 0 saturated heterocycles. The fourth-order valence-corrected chi connectivity index (χ4v) is 3.53. The van der Waals surface area contributed by atoms with Crippen LogP contribution in [-0.4, -0.2) is 15.8 Å². The quantitative estimate of drug-likeness (QED) is 0.491. The van der Waals surface area contributed by atoms with Crippen molar-refractivity contribution in [1.29, 1.82) is 0 Å². The molecule has 2 aromatic carbocycles. The molecule has 1 N–H and O–H groups in total. The first-order valence-electron chi connectivity index (χ1n) is 6.25. The van der Waals surface area contributed by atoms with Gasteiger partial charge in [-0.05, 0) is 24.3 Å². The van der Waals surface area contributed by atoms with Gasteiger partial charge < -0.3 is 0 Å². The molecule has 3 rings (SSSR count). The fraction of sp³-hybridized carbons (Fsp3) is 0. The number of nitrogens with zero attached hydrogens (tertiary/aromatic N) is 2. The molecule has 1 amide bonds. The van der Waals surface area contributed by atoms with Gasteiger partial charge >= 0.3 is 0 Å². The van der Waals surface area contributed by atoms with E-state index in [2.05, 4.69) is 26.2 Å². The van der Waals surface area contributed by atoms with Crippen LogP contribution in [0.15, 0.2) is 40.9 Å². The minimum atomic E-state index is -0.581. The zero-order valence-electron chi connectivity index (χ0n) is 11.2. The maximum Gasteiger partial charge on any atom is 0.270 e. The van der Waals surface area contributed by atoms with Crippen LogP contribution in [0.3, 0.4) is 0 Å². The number of thiazole rings is 1. The fourth-order valence-electron chi connectivity index (χ4n) is 1.92. The van der Waals surface area contributed by atoms with Gasteiger partial charge in [0, 0.05) is 16.6 Å². The minimum Gasteiger partial charge on any atom is -0.298 e. The topological polar surface area (TPSA) is 85.1 Å². The lowest BCUT2D eigenvalue weighted by atomic mass is 10.2. The van der Waals surface area contributed by atoms with Crippen molar-refractivity contribution in [3.05, 3.63) is 61.6 Å². The molecule has 116 valence electrons. The monoisotopic (exact) mass is 411 g/mol. The number of hydrogen-bond acceptors (Lipinski definition) is 5. The average molecular weight is 413 g/mol. The molecule has 3 aromatic rings. The number of hydrogen-bond donors (Lipinski definition) is 1. The van der Waals surface area contributed by atoms with Crippen LogP contribution in [0.25, 0.3) is 10.2 Å². The zero-order valence-corrected chi connectivity index (χ0v) is 14.4. The van der Waals surface area contributed by atoms with Crippen LogP contribution in [0.2, 0.25) is 5.02 Å². The Hall–Kier alpha value is -2.03. The summed E-state index contributed by atoms with van der Waals surface area (Å²) in [5.74, 6) is -0.545. The molecule has 0 unspecified atom stereocenters. The number of nitrogens with one attached hydrogen (secondary N) is 1. The third-order valence-electron chi connectivity index (χ3n) is 2.98. The van der Waals surface area contributed by atoms with Gasteiger partial charge in [0.1, 0.15) is 0 Å². The number of fused-ring (bicyclic) bond motifs is 1. The SMILES string of the molecule is O=C(Nc1nc2ccc(Br)cc2s1)c1cc([N+](=O)[O-])ccc1Cl. The Balaban J connectivity index is 1.91. The normalized spacial score (nSPS) is 10.7. The molecule has 6 nitrogen and oxygen atoms in total. The second-order valence-electron chi connectivity index (χ2n) is 4.51. The van der Waals surface area contributed by atoms with Crippen LogP contribution in [-0.2, 0) is 0 Å². The lowest BCUT2D eigenvalue weighted by Gasteiger charge is -2.03. The second-order valence-corrected chi connectivity index (χ2v) is 6.86. The molecular weight excluding hydrogens is 406 g/mol. The van der Waals surface area contributed by atoms with Gasteiger partial charge in [-0.25, -0.2) is 4.98 Å². The van der Waals surface area contributed by atoms with E-state index in [1.54, 1.807) is 0 Å². The van der Waals surface area contributed by atoms with Gasteiger partial charge in [0.15, 0.2) is 5.13 Å². The number of benzene rings is 2. The van der Waals surface area contributed by atoms with Crippen LogP contribution < -0.4 is 5.32 Å². The van der Waals surface area contributed by atoms with Gasteiger partial charge in [-0.2, -0.15) is 0 Å². The molecule has 0 aliphatic heterocycles. The number of nitro benzene ring substituents is 1. The molecule has 1 aromatic heterocycles. The van der Waals surface area contributed by atoms with E-state index in [0.29, 0.717) is 5.13 Å². The molecule has 0 fully saturated rings. The van der Waals surface area contributed by atoms with Crippen molar-refractivity contribution in [2.24, 2.45) is 0 Å². The first-order chi connectivity index (χ1) is 10.9. The van der Waals surface area contributed by atoms with Gasteiger partial charge in [-0.3, -0.25) is 20.2 Å². The average Bonchev–Trinajstić information content (AvgIpc) is 2.88. The lowest BCUT2D eigenvalue weighted by Crippen LogP contribution is -2.12. The summed E-state index contributed by atoms with van der Waals surface area (Å²) in [4.78, 5) is 26.8.